The third kappa shape index (κ3) is 5.29. The third-order valence-corrected chi connectivity index (χ3v) is 4.49. The van der Waals surface area contributed by atoms with Crippen molar-refractivity contribution in [2.45, 2.75) is 4.90 Å². The van der Waals surface area contributed by atoms with Gasteiger partial charge in [0.2, 0.25) is 0 Å². The Bertz CT molecular complexity index is 1090. The first-order valence-corrected chi connectivity index (χ1v) is 9.53. The lowest BCUT2D eigenvalue weighted by atomic mass is 10.3. The summed E-state index contributed by atoms with van der Waals surface area (Å²) in [6, 6.07) is 19.6. The fourth-order valence-electron chi connectivity index (χ4n) is 2.15. The van der Waals surface area contributed by atoms with Crippen LogP contribution in [0.1, 0.15) is 0 Å². The van der Waals surface area contributed by atoms with E-state index in [4.69, 9.17) is 9.29 Å². The molecule has 0 fully saturated rings. The minimum atomic E-state index is -4.22. The molecule has 28 heavy (non-hydrogen) atoms. The van der Waals surface area contributed by atoms with E-state index in [1.54, 1.807) is 55.6 Å². The number of methoxy groups -OCH3 is 1. The predicted molar refractivity (Wildman–Crippen MR) is 104 cm³/mol. The van der Waals surface area contributed by atoms with Crippen LogP contribution in [-0.4, -0.2) is 20.1 Å². The van der Waals surface area contributed by atoms with Gasteiger partial charge in [0, 0.05) is 0 Å². The smallest absolute Gasteiger partial charge is 0.294 e. The van der Waals surface area contributed by atoms with Crippen molar-refractivity contribution < 1.29 is 17.7 Å². The van der Waals surface area contributed by atoms with Crippen molar-refractivity contribution in [2.75, 3.05) is 7.11 Å². The van der Waals surface area contributed by atoms with E-state index in [1.165, 1.54) is 24.3 Å². The first-order valence-electron chi connectivity index (χ1n) is 8.09. The Morgan fingerprint density at radius 3 is 1.29 bits per heavy atom. The number of azo groups is 2. The van der Waals surface area contributed by atoms with Crippen molar-refractivity contribution in [1.82, 2.24) is 0 Å². The van der Waals surface area contributed by atoms with E-state index >= 15 is 0 Å². The maximum Gasteiger partial charge on any atom is 0.294 e. The van der Waals surface area contributed by atoms with Gasteiger partial charge in [-0.3, -0.25) is 4.55 Å². The Kier molecular flexibility index (Phi) is 5.87. The van der Waals surface area contributed by atoms with Gasteiger partial charge in [-0.05, 0) is 72.8 Å². The summed E-state index contributed by atoms with van der Waals surface area (Å²) in [6.07, 6.45) is 0. The molecule has 0 aliphatic heterocycles. The summed E-state index contributed by atoms with van der Waals surface area (Å²) in [5.41, 5.74) is 2.42. The van der Waals surface area contributed by atoms with E-state index < -0.39 is 10.1 Å². The van der Waals surface area contributed by atoms with Gasteiger partial charge in [-0.25, -0.2) is 0 Å². The Hall–Kier alpha value is -3.43. The van der Waals surface area contributed by atoms with Crippen LogP contribution >= 0.6 is 0 Å². The summed E-state index contributed by atoms with van der Waals surface area (Å²) in [6.45, 7) is 0. The number of nitrogens with zero attached hydrogens (tertiary/aromatic N) is 4. The molecule has 0 heterocycles. The van der Waals surface area contributed by atoms with Crippen LogP contribution in [0.25, 0.3) is 0 Å². The highest BCUT2D eigenvalue weighted by molar-refractivity contribution is 7.85. The van der Waals surface area contributed by atoms with Crippen molar-refractivity contribution in [3.05, 3.63) is 72.8 Å². The van der Waals surface area contributed by atoms with Crippen molar-refractivity contribution in [3.63, 3.8) is 0 Å². The zero-order chi connectivity index (χ0) is 20.0. The lowest BCUT2D eigenvalue weighted by Crippen LogP contribution is -1.96. The molecule has 0 amide bonds. The van der Waals surface area contributed by atoms with Crippen molar-refractivity contribution in [2.24, 2.45) is 20.5 Å². The van der Waals surface area contributed by atoms with E-state index in [-0.39, 0.29) is 4.90 Å². The zero-order valence-electron chi connectivity index (χ0n) is 14.8. The summed E-state index contributed by atoms with van der Waals surface area (Å²) < 4.78 is 36.1. The van der Waals surface area contributed by atoms with Crippen LogP contribution < -0.4 is 4.74 Å². The molecule has 8 nitrogen and oxygen atoms in total. The average molecular weight is 396 g/mol. The molecule has 142 valence electrons. The van der Waals surface area contributed by atoms with Gasteiger partial charge >= 0.3 is 0 Å². The molecule has 0 radical (unpaired) electrons. The van der Waals surface area contributed by atoms with Crippen LogP contribution in [0.4, 0.5) is 22.7 Å². The number of rotatable bonds is 6. The van der Waals surface area contributed by atoms with E-state index in [2.05, 4.69) is 20.5 Å². The molecule has 3 aromatic rings. The zero-order valence-corrected chi connectivity index (χ0v) is 15.6. The number of ether oxygens (including phenoxy) is 1. The van der Waals surface area contributed by atoms with Gasteiger partial charge in [-0.2, -0.15) is 28.9 Å². The summed E-state index contributed by atoms with van der Waals surface area (Å²) in [5.74, 6) is 0.751. The van der Waals surface area contributed by atoms with Gasteiger partial charge in [0.25, 0.3) is 10.1 Å². The molecule has 0 saturated carbocycles. The predicted octanol–water partition coefficient (Wildman–Crippen LogP) is 5.77. The molecule has 0 spiro atoms. The van der Waals surface area contributed by atoms with Gasteiger partial charge in [0.05, 0.1) is 34.8 Å². The highest BCUT2D eigenvalue weighted by atomic mass is 32.2. The van der Waals surface area contributed by atoms with Crippen LogP contribution in [0, 0.1) is 0 Å². The Morgan fingerprint density at radius 1 is 0.643 bits per heavy atom. The van der Waals surface area contributed by atoms with Crippen LogP contribution in [0.15, 0.2) is 98.1 Å². The molecule has 0 atom stereocenters. The van der Waals surface area contributed by atoms with Crippen LogP contribution in [0.5, 0.6) is 5.75 Å². The van der Waals surface area contributed by atoms with E-state index in [0.29, 0.717) is 22.7 Å². The standard InChI is InChI=1S/C19H16N4O4S/c1-27-18-10-6-16(7-11-18)22-20-14-2-4-15(5-3-14)21-23-17-8-12-19(13-9-17)28(24,25)26/h2-13H,1H3,(H,24,25,26). The minimum absolute atomic E-state index is 0.196. The summed E-state index contributed by atoms with van der Waals surface area (Å²) >= 11 is 0. The molecule has 0 saturated heterocycles. The summed E-state index contributed by atoms with van der Waals surface area (Å²) in [7, 11) is -2.62. The molecular weight excluding hydrogens is 380 g/mol. The number of hydrogen-bond donors (Lipinski definition) is 1. The monoisotopic (exact) mass is 396 g/mol. The highest BCUT2D eigenvalue weighted by Gasteiger charge is 2.08. The fourth-order valence-corrected chi connectivity index (χ4v) is 2.63. The Morgan fingerprint density at radius 2 is 0.964 bits per heavy atom. The van der Waals surface area contributed by atoms with Gasteiger partial charge in [0.15, 0.2) is 0 Å². The Labute approximate surface area is 162 Å². The van der Waals surface area contributed by atoms with Crippen molar-refractivity contribution in [3.8, 4) is 5.75 Å². The average Bonchev–Trinajstić information content (AvgIpc) is 2.71. The quantitative estimate of drug-likeness (QED) is 0.420. The Balaban J connectivity index is 1.65. The fraction of sp³-hybridized carbons (Fsp3) is 0.0526. The van der Waals surface area contributed by atoms with Crippen molar-refractivity contribution >= 4 is 32.9 Å². The molecule has 0 aliphatic rings. The van der Waals surface area contributed by atoms with Gasteiger partial charge < -0.3 is 4.74 Å². The molecule has 3 rings (SSSR count). The first kappa shape index (κ1) is 19.3. The van der Waals surface area contributed by atoms with Crippen molar-refractivity contribution in [1.29, 1.82) is 0 Å². The maximum atomic E-state index is 11.0. The SMILES string of the molecule is COc1ccc(N=Nc2ccc(N=Nc3ccc(S(=O)(=O)O)cc3)cc2)cc1. The molecule has 9 heteroatoms. The molecule has 0 bridgehead atoms. The lowest BCUT2D eigenvalue weighted by molar-refractivity contribution is 0.415. The van der Waals surface area contributed by atoms with E-state index in [1.807, 2.05) is 0 Å². The molecule has 0 unspecified atom stereocenters. The molecule has 3 aromatic carbocycles. The topological polar surface area (TPSA) is 113 Å². The second kappa shape index (κ2) is 8.51. The van der Waals surface area contributed by atoms with Gasteiger partial charge in [0.1, 0.15) is 5.75 Å². The molecule has 0 aromatic heterocycles. The highest BCUT2D eigenvalue weighted by Crippen LogP contribution is 2.24. The lowest BCUT2D eigenvalue weighted by Gasteiger charge is -1.98. The molecular formula is C19H16N4O4S. The second-order valence-electron chi connectivity index (χ2n) is 5.58. The minimum Gasteiger partial charge on any atom is -0.497 e. The van der Waals surface area contributed by atoms with Gasteiger partial charge in [-0.1, -0.05) is 0 Å². The molecule has 1 N–H and O–H groups in total. The maximum absolute atomic E-state index is 11.0. The van der Waals surface area contributed by atoms with Gasteiger partial charge in [-0.15, -0.1) is 0 Å². The number of benzene rings is 3. The van der Waals surface area contributed by atoms with E-state index in [0.717, 1.165) is 5.75 Å². The third-order valence-electron chi connectivity index (χ3n) is 3.62. The molecule has 0 aliphatic carbocycles. The van der Waals surface area contributed by atoms with Crippen LogP contribution in [-0.2, 0) is 10.1 Å². The number of hydrogen-bond acceptors (Lipinski definition) is 7. The van der Waals surface area contributed by atoms with Crippen LogP contribution in [0.3, 0.4) is 0 Å². The summed E-state index contributed by atoms with van der Waals surface area (Å²) in [5, 5.41) is 16.4. The van der Waals surface area contributed by atoms with E-state index in [9.17, 15) is 8.42 Å². The largest absolute Gasteiger partial charge is 0.497 e. The summed E-state index contributed by atoms with van der Waals surface area (Å²) in [4.78, 5) is -0.196. The first-order chi connectivity index (χ1) is 13.4. The second-order valence-corrected chi connectivity index (χ2v) is 7.00. The normalized spacial score (nSPS) is 11.9. The van der Waals surface area contributed by atoms with Crippen LogP contribution in [0.2, 0.25) is 0 Å².